The minimum atomic E-state index is -0.749. The molecular weight excluding hydrogens is 256 g/mol. The van der Waals surface area contributed by atoms with Crippen LogP contribution < -0.4 is 5.32 Å². The molecule has 1 saturated carbocycles. The smallest absolute Gasteiger partial charge is 0.248 e. The van der Waals surface area contributed by atoms with Crippen molar-refractivity contribution in [1.82, 2.24) is 10.2 Å². The number of nitrogens with one attached hydrogen (secondary N) is 1. The maximum Gasteiger partial charge on any atom is 0.248 e. The zero-order chi connectivity index (χ0) is 14.3. The Morgan fingerprint density at radius 3 is 2.65 bits per heavy atom. The highest BCUT2D eigenvalue weighted by Gasteiger charge is 2.52. The third-order valence-electron chi connectivity index (χ3n) is 4.94. The summed E-state index contributed by atoms with van der Waals surface area (Å²) in [5.74, 6) is 0.434. The molecule has 0 bridgehead atoms. The van der Waals surface area contributed by atoms with Crippen molar-refractivity contribution < 1.29 is 14.3 Å². The summed E-state index contributed by atoms with van der Waals surface area (Å²) in [4.78, 5) is 27.1. The molecule has 2 amide bonds. The second kappa shape index (κ2) is 5.02. The first-order chi connectivity index (χ1) is 9.55. The molecule has 0 aromatic carbocycles. The average molecular weight is 280 g/mol. The minimum absolute atomic E-state index is 0.0226. The monoisotopic (exact) mass is 280 g/mol. The first kappa shape index (κ1) is 13.9. The maximum absolute atomic E-state index is 12.8. The summed E-state index contributed by atoms with van der Waals surface area (Å²) in [7, 11) is 0. The minimum Gasteiger partial charge on any atom is -0.376 e. The number of ether oxygens (including phenoxy) is 1. The Bertz CT molecular complexity index is 415. The van der Waals surface area contributed by atoms with Gasteiger partial charge < -0.3 is 15.0 Å². The standard InChI is InChI=1S/C15H24N2O3/c1-3-15(2)14(19)17(9-11-5-4-8-20-11)12(10-6-7-10)13(18)16-15/h10-12H,3-9H2,1-2H3,(H,16,18). The van der Waals surface area contributed by atoms with Gasteiger partial charge in [0.15, 0.2) is 0 Å². The van der Waals surface area contributed by atoms with Crippen LogP contribution >= 0.6 is 0 Å². The molecule has 2 aliphatic heterocycles. The van der Waals surface area contributed by atoms with Gasteiger partial charge in [0.2, 0.25) is 11.8 Å². The number of carbonyl (C=O) groups is 2. The Hall–Kier alpha value is -1.10. The second-order valence-corrected chi connectivity index (χ2v) is 6.55. The van der Waals surface area contributed by atoms with Gasteiger partial charge >= 0.3 is 0 Å². The molecule has 3 unspecified atom stereocenters. The molecule has 0 radical (unpaired) electrons. The third-order valence-corrected chi connectivity index (χ3v) is 4.94. The molecule has 2 saturated heterocycles. The number of rotatable bonds is 4. The van der Waals surface area contributed by atoms with E-state index in [9.17, 15) is 9.59 Å². The molecule has 3 atom stereocenters. The van der Waals surface area contributed by atoms with Crippen LogP contribution in [0.5, 0.6) is 0 Å². The fraction of sp³-hybridized carbons (Fsp3) is 0.867. The molecule has 0 aromatic rings. The van der Waals surface area contributed by atoms with E-state index in [0.717, 1.165) is 32.3 Å². The Labute approximate surface area is 120 Å². The van der Waals surface area contributed by atoms with E-state index in [1.54, 1.807) is 0 Å². The van der Waals surface area contributed by atoms with Crippen molar-refractivity contribution in [2.75, 3.05) is 13.2 Å². The van der Waals surface area contributed by atoms with Crippen LogP contribution in [0.2, 0.25) is 0 Å². The summed E-state index contributed by atoms with van der Waals surface area (Å²) >= 11 is 0. The molecule has 0 spiro atoms. The summed E-state index contributed by atoms with van der Waals surface area (Å²) in [6, 6.07) is -0.272. The van der Waals surface area contributed by atoms with Crippen LogP contribution in [0.4, 0.5) is 0 Å². The lowest BCUT2D eigenvalue weighted by molar-refractivity contribution is -0.157. The van der Waals surface area contributed by atoms with Crippen molar-refractivity contribution in [1.29, 1.82) is 0 Å². The van der Waals surface area contributed by atoms with Crippen molar-refractivity contribution in [2.45, 2.75) is 63.6 Å². The Balaban J connectivity index is 1.82. The van der Waals surface area contributed by atoms with Gasteiger partial charge in [-0.2, -0.15) is 0 Å². The number of carbonyl (C=O) groups excluding carboxylic acids is 2. The normalized spacial score (nSPS) is 38.2. The molecule has 20 heavy (non-hydrogen) atoms. The van der Waals surface area contributed by atoms with Gasteiger partial charge in [-0.1, -0.05) is 6.92 Å². The molecule has 2 heterocycles. The summed E-state index contributed by atoms with van der Waals surface area (Å²) in [6.07, 6.45) is 4.87. The molecule has 1 N–H and O–H groups in total. The van der Waals surface area contributed by atoms with Gasteiger partial charge in [-0.15, -0.1) is 0 Å². The van der Waals surface area contributed by atoms with E-state index in [2.05, 4.69) is 5.32 Å². The van der Waals surface area contributed by atoms with Crippen LogP contribution in [-0.2, 0) is 14.3 Å². The first-order valence-corrected chi connectivity index (χ1v) is 7.80. The zero-order valence-corrected chi connectivity index (χ0v) is 12.4. The third kappa shape index (κ3) is 2.32. The van der Waals surface area contributed by atoms with E-state index < -0.39 is 5.54 Å². The summed E-state index contributed by atoms with van der Waals surface area (Å²) in [6.45, 7) is 5.12. The quantitative estimate of drug-likeness (QED) is 0.838. The van der Waals surface area contributed by atoms with Gasteiger partial charge in [0.05, 0.1) is 6.10 Å². The molecule has 3 fully saturated rings. The first-order valence-electron chi connectivity index (χ1n) is 7.80. The van der Waals surface area contributed by atoms with Crippen LogP contribution in [0.15, 0.2) is 0 Å². The van der Waals surface area contributed by atoms with Crippen molar-refractivity contribution in [3.05, 3.63) is 0 Å². The molecule has 5 heteroatoms. The van der Waals surface area contributed by atoms with Gasteiger partial charge in [-0.25, -0.2) is 0 Å². The lowest BCUT2D eigenvalue weighted by atomic mass is 9.90. The molecule has 5 nitrogen and oxygen atoms in total. The predicted molar refractivity (Wildman–Crippen MR) is 74.0 cm³/mol. The summed E-state index contributed by atoms with van der Waals surface area (Å²) in [5, 5.41) is 2.95. The number of nitrogens with zero attached hydrogens (tertiary/aromatic N) is 1. The van der Waals surface area contributed by atoms with Crippen molar-refractivity contribution >= 4 is 11.8 Å². The number of piperazine rings is 1. The number of hydrogen-bond acceptors (Lipinski definition) is 3. The van der Waals surface area contributed by atoms with Gasteiger partial charge in [0.1, 0.15) is 11.6 Å². The Morgan fingerprint density at radius 1 is 1.35 bits per heavy atom. The highest BCUT2D eigenvalue weighted by Crippen LogP contribution is 2.39. The molecule has 0 aromatic heterocycles. The summed E-state index contributed by atoms with van der Waals surface area (Å²) in [5.41, 5.74) is -0.749. The molecule has 1 aliphatic carbocycles. The second-order valence-electron chi connectivity index (χ2n) is 6.55. The average Bonchev–Trinajstić information content (AvgIpc) is 3.12. The van der Waals surface area contributed by atoms with E-state index in [0.29, 0.717) is 18.9 Å². The molecule has 3 aliphatic rings. The zero-order valence-electron chi connectivity index (χ0n) is 12.4. The van der Waals surface area contributed by atoms with Crippen LogP contribution in [0.3, 0.4) is 0 Å². The van der Waals surface area contributed by atoms with Crippen LogP contribution in [-0.4, -0.2) is 47.6 Å². The van der Waals surface area contributed by atoms with Gasteiger partial charge in [0.25, 0.3) is 0 Å². The highest BCUT2D eigenvalue weighted by molar-refractivity contribution is 5.99. The van der Waals surface area contributed by atoms with E-state index in [1.165, 1.54) is 0 Å². The fourth-order valence-corrected chi connectivity index (χ4v) is 3.31. The maximum atomic E-state index is 12.8. The molecule has 3 rings (SSSR count). The Kier molecular flexibility index (Phi) is 3.48. The SMILES string of the molecule is CCC1(C)NC(=O)C(C2CC2)N(CC2CCCO2)C1=O. The van der Waals surface area contributed by atoms with E-state index in [-0.39, 0.29) is 24.0 Å². The van der Waals surface area contributed by atoms with Gasteiger partial charge in [0, 0.05) is 13.2 Å². The van der Waals surface area contributed by atoms with E-state index in [1.807, 2.05) is 18.7 Å². The fourth-order valence-electron chi connectivity index (χ4n) is 3.31. The van der Waals surface area contributed by atoms with Crippen molar-refractivity contribution in [3.63, 3.8) is 0 Å². The topological polar surface area (TPSA) is 58.6 Å². The lowest BCUT2D eigenvalue weighted by Crippen LogP contribution is -2.70. The van der Waals surface area contributed by atoms with Crippen LogP contribution in [0.1, 0.15) is 46.0 Å². The lowest BCUT2D eigenvalue weighted by Gasteiger charge is -2.45. The highest BCUT2D eigenvalue weighted by atomic mass is 16.5. The largest absolute Gasteiger partial charge is 0.376 e. The van der Waals surface area contributed by atoms with Crippen molar-refractivity contribution in [3.8, 4) is 0 Å². The van der Waals surface area contributed by atoms with Gasteiger partial charge in [-0.05, 0) is 44.9 Å². The number of amides is 2. The van der Waals surface area contributed by atoms with E-state index in [4.69, 9.17) is 4.74 Å². The molecule has 112 valence electrons. The number of hydrogen-bond donors (Lipinski definition) is 1. The van der Waals surface area contributed by atoms with Crippen LogP contribution in [0, 0.1) is 5.92 Å². The van der Waals surface area contributed by atoms with Gasteiger partial charge in [-0.3, -0.25) is 9.59 Å². The van der Waals surface area contributed by atoms with E-state index >= 15 is 0 Å². The summed E-state index contributed by atoms with van der Waals surface area (Å²) < 4.78 is 5.66. The predicted octanol–water partition coefficient (Wildman–Crippen LogP) is 1.07. The van der Waals surface area contributed by atoms with Crippen molar-refractivity contribution in [2.24, 2.45) is 5.92 Å². The van der Waals surface area contributed by atoms with Crippen LogP contribution in [0.25, 0.3) is 0 Å². The Morgan fingerprint density at radius 2 is 2.10 bits per heavy atom. The molecular formula is C15H24N2O3.